The number of hydrogen-bond donors (Lipinski definition) is 1. The fourth-order valence-corrected chi connectivity index (χ4v) is 2.56. The number of carbonyl (C=O) groups is 1. The van der Waals surface area contributed by atoms with Gasteiger partial charge in [0, 0.05) is 6.07 Å². The molecule has 0 bridgehead atoms. The lowest BCUT2D eigenvalue weighted by molar-refractivity contribution is -0.385. The third-order valence-corrected chi connectivity index (χ3v) is 4.27. The Labute approximate surface area is 138 Å². The zero-order valence-electron chi connectivity index (χ0n) is 10.3. The van der Waals surface area contributed by atoms with Gasteiger partial charge in [0.2, 0.25) is 0 Å². The zero-order valence-corrected chi connectivity index (χ0v) is 13.4. The maximum absolute atomic E-state index is 12.2. The summed E-state index contributed by atoms with van der Waals surface area (Å²) in [5.74, 6) is -0.533. The Hall–Kier alpha value is -1.63. The molecular formula is C13H7BrCl2N2O3. The molecule has 8 heteroatoms. The van der Waals surface area contributed by atoms with Gasteiger partial charge in [0.05, 0.1) is 26.2 Å². The smallest absolute Gasteiger partial charge is 0.284 e. The molecule has 0 saturated heterocycles. The summed E-state index contributed by atoms with van der Waals surface area (Å²) in [6, 6.07) is 8.99. The maximum atomic E-state index is 12.2. The van der Waals surface area contributed by atoms with E-state index in [1.165, 1.54) is 18.2 Å². The summed E-state index contributed by atoms with van der Waals surface area (Å²) in [4.78, 5) is 22.5. The molecule has 0 heterocycles. The molecule has 0 aliphatic carbocycles. The number of amides is 1. The normalized spacial score (nSPS) is 10.2. The molecule has 21 heavy (non-hydrogen) atoms. The first-order valence-corrected chi connectivity index (χ1v) is 7.15. The first-order valence-electron chi connectivity index (χ1n) is 5.60. The van der Waals surface area contributed by atoms with Crippen molar-refractivity contribution in [2.24, 2.45) is 0 Å². The second-order valence-corrected chi connectivity index (χ2v) is 5.53. The van der Waals surface area contributed by atoms with Crippen LogP contribution < -0.4 is 5.32 Å². The second kappa shape index (κ2) is 6.43. The fourth-order valence-electron chi connectivity index (χ4n) is 1.63. The van der Waals surface area contributed by atoms with Crippen molar-refractivity contribution in [1.29, 1.82) is 0 Å². The largest absolute Gasteiger partial charge is 0.321 e. The molecule has 0 atom stereocenters. The van der Waals surface area contributed by atoms with E-state index in [-0.39, 0.29) is 20.7 Å². The van der Waals surface area contributed by atoms with Crippen molar-refractivity contribution < 1.29 is 9.72 Å². The van der Waals surface area contributed by atoms with E-state index in [2.05, 4.69) is 21.2 Å². The van der Waals surface area contributed by atoms with E-state index in [9.17, 15) is 14.9 Å². The van der Waals surface area contributed by atoms with Crippen LogP contribution in [0, 0.1) is 10.1 Å². The van der Waals surface area contributed by atoms with Crippen LogP contribution >= 0.6 is 39.1 Å². The summed E-state index contributed by atoms with van der Waals surface area (Å²) >= 11 is 14.9. The van der Waals surface area contributed by atoms with Gasteiger partial charge in [0.1, 0.15) is 4.47 Å². The van der Waals surface area contributed by atoms with Crippen molar-refractivity contribution in [2.45, 2.75) is 0 Å². The molecule has 0 radical (unpaired) electrons. The fraction of sp³-hybridized carbons (Fsp3) is 0. The monoisotopic (exact) mass is 388 g/mol. The summed E-state index contributed by atoms with van der Waals surface area (Å²) in [7, 11) is 0. The number of benzene rings is 2. The number of nitro benzene ring substituents is 1. The lowest BCUT2D eigenvalue weighted by Crippen LogP contribution is -2.13. The SMILES string of the molecule is O=C(Nc1cccc(Cl)c1Cl)c1cccc([N+](=O)[O-])c1Br. The van der Waals surface area contributed by atoms with Gasteiger partial charge < -0.3 is 5.32 Å². The predicted octanol–water partition coefficient (Wildman–Crippen LogP) is 4.92. The molecule has 0 aliphatic rings. The first-order chi connectivity index (χ1) is 9.91. The van der Waals surface area contributed by atoms with Crippen molar-refractivity contribution >= 4 is 56.4 Å². The third kappa shape index (κ3) is 3.34. The van der Waals surface area contributed by atoms with Crippen LogP contribution in [-0.4, -0.2) is 10.8 Å². The van der Waals surface area contributed by atoms with Gasteiger partial charge in [-0.15, -0.1) is 0 Å². The van der Waals surface area contributed by atoms with Crippen LogP contribution in [0.3, 0.4) is 0 Å². The average molecular weight is 390 g/mol. The van der Waals surface area contributed by atoms with E-state index >= 15 is 0 Å². The van der Waals surface area contributed by atoms with Crippen LogP contribution in [0.4, 0.5) is 11.4 Å². The summed E-state index contributed by atoms with van der Waals surface area (Å²) in [5.41, 5.74) is 0.257. The Morgan fingerprint density at radius 2 is 1.86 bits per heavy atom. The predicted molar refractivity (Wildman–Crippen MR) is 85.2 cm³/mol. The van der Waals surface area contributed by atoms with Crippen molar-refractivity contribution in [3.63, 3.8) is 0 Å². The van der Waals surface area contributed by atoms with Gasteiger partial charge in [-0.1, -0.05) is 35.3 Å². The number of carbonyl (C=O) groups excluding carboxylic acids is 1. The third-order valence-electron chi connectivity index (χ3n) is 2.62. The molecule has 108 valence electrons. The van der Waals surface area contributed by atoms with Gasteiger partial charge in [-0.05, 0) is 34.1 Å². The molecule has 1 amide bonds. The molecule has 2 aromatic carbocycles. The van der Waals surface area contributed by atoms with Gasteiger partial charge in [0.15, 0.2) is 0 Å². The molecule has 0 unspecified atom stereocenters. The Morgan fingerprint density at radius 3 is 2.52 bits per heavy atom. The van der Waals surface area contributed by atoms with Gasteiger partial charge in [-0.25, -0.2) is 0 Å². The van der Waals surface area contributed by atoms with Crippen molar-refractivity contribution in [2.75, 3.05) is 5.32 Å². The molecule has 0 spiro atoms. The lowest BCUT2D eigenvalue weighted by Gasteiger charge is -2.09. The molecule has 0 fully saturated rings. The molecule has 2 rings (SSSR count). The molecule has 0 saturated carbocycles. The molecule has 1 N–H and O–H groups in total. The lowest BCUT2D eigenvalue weighted by atomic mass is 10.2. The highest BCUT2D eigenvalue weighted by molar-refractivity contribution is 9.10. The number of nitrogens with one attached hydrogen (secondary N) is 1. The van der Waals surface area contributed by atoms with Gasteiger partial charge >= 0.3 is 0 Å². The molecule has 5 nitrogen and oxygen atoms in total. The molecule has 0 aromatic heterocycles. The summed E-state index contributed by atoms with van der Waals surface area (Å²) in [5, 5.41) is 13.9. The molecule has 0 aliphatic heterocycles. The minimum absolute atomic E-state index is 0.102. The summed E-state index contributed by atoms with van der Waals surface area (Å²) in [6.45, 7) is 0. The van der Waals surface area contributed by atoms with Crippen LogP contribution in [0.15, 0.2) is 40.9 Å². The number of anilines is 1. The summed E-state index contributed by atoms with van der Waals surface area (Å²) in [6.07, 6.45) is 0. The van der Waals surface area contributed by atoms with E-state index in [4.69, 9.17) is 23.2 Å². The van der Waals surface area contributed by atoms with E-state index in [1.54, 1.807) is 18.2 Å². The highest BCUT2D eigenvalue weighted by atomic mass is 79.9. The number of nitrogens with zero attached hydrogens (tertiary/aromatic N) is 1. The van der Waals surface area contributed by atoms with E-state index in [1.807, 2.05) is 0 Å². The van der Waals surface area contributed by atoms with Crippen LogP contribution in [0.2, 0.25) is 10.0 Å². The van der Waals surface area contributed by atoms with E-state index in [0.717, 1.165) is 0 Å². The Bertz CT molecular complexity index is 737. The van der Waals surface area contributed by atoms with Crippen molar-refractivity contribution in [3.05, 3.63) is 66.6 Å². The first kappa shape index (κ1) is 15.8. The summed E-state index contributed by atoms with van der Waals surface area (Å²) < 4.78 is 0.102. The Morgan fingerprint density at radius 1 is 1.19 bits per heavy atom. The standard InChI is InChI=1S/C13H7BrCl2N2O3/c14-11-7(3-1-6-10(11)18(20)21)13(19)17-9-5-2-4-8(15)12(9)16/h1-6H,(H,17,19). The van der Waals surface area contributed by atoms with Gasteiger partial charge in [-0.3, -0.25) is 14.9 Å². The quantitative estimate of drug-likeness (QED) is 0.598. The Kier molecular flexibility index (Phi) is 4.82. The molecule has 2 aromatic rings. The van der Waals surface area contributed by atoms with Gasteiger partial charge in [-0.2, -0.15) is 0 Å². The minimum atomic E-state index is -0.576. The van der Waals surface area contributed by atoms with Gasteiger partial charge in [0.25, 0.3) is 11.6 Å². The van der Waals surface area contributed by atoms with Crippen LogP contribution in [0.5, 0.6) is 0 Å². The number of hydrogen-bond acceptors (Lipinski definition) is 3. The maximum Gasteiger partial charge on any atom is 0.284 e. The topological polar surface area (TPSA) is 72.2 Å². The van der Waals surface area contributed by atoms with Crippen LogP contribution in [0.1, 0.15) is 10.4 Å². The second-order valence-electron chi connectivity index (χ2n) is 3.95. The van der Waals surface area contributed by atoms with Crippen molar-refractivity contribution in [3.8, 4) is 0 Å². The van der Waals surface area contributed by atoms with E-state index < -0.39 is 10.8 Å². The van der Waals surface area contributed by atoms with Crippen molar-refractivity contribution in [1.82, 2.24) is 0 Å². The number of halogens is 3. The number of nitro groups is 1. The van der Waals surface area contributed by atoms with Crippen LogP contribution in [-0.2, 0) is 0 Å². The highest BCUT2D eigenvalue weighted by Gasteiger charge is 2.20. The molecular weight excluding hydrogens is 383 g/mol. The minimum Gasteiger partial charge on any atom is -0.321 e. The van der Waals surface area contributed by atoms with E-state index in [0.29, 0.717) is 10.7 Å². The highest BCUT2D eigenvalue weighted by Crippen LogP contribution is 2.32. The average Bonchev–Trinajstić information content (AvgIpc) is 2.43. The van der Waals surface area contributed by atoms with Crippen LogP contribution in [0.25, 0.3) is 0 Å². The zero-order chi connectivity index (χ0) is 15.6. The Balaban J connectivity index is 2.35. The number of rotatable bonds is 3.